The van der Waals surface area contributed by atoms with Crippen LogP contribution < -0.4 is 15.4 Å². The number of benzene rings is 1. The van der Waals surface area contributed by atoms with Gasteiger partial charge in [-0.3, -0.25) is 14.7 Å². The minimum Gasteiger partial charge on any atom is -0.489 e. The Morgan fingerprint density at radius 3 is 3.04 bits per heavy atom. The van der Waals surface area contributed by atoms with E-state index in [1.807, 2.05) is 12.1 Å². The Labute approximate surface area is 146 Å². The van der Waals surface area contributed by atoms with Gasteiger partial charge in [0.2, 0.25) is 0 Å². The number of aromatic amines is 1. The third-order valence-corrected chi connectivity index (χ3v) is 4.09. The Hall–Kier alpha value is -2.83. The van der Waals surface area contributed by atoms with Crippen LogP contribution in [0.4, 0.5) is 5.69 Å². The average molecular weight is 342 g/mol. The van der Waals surface area contributed by atoms with Crippen molar-refractivity contribution in [3.8, 4) is 5.75 Å². The highest BCUT2D eigenvalue weighted by Gasteiger charge is 2.27. The fourth-order valence-electron chi connectivity index (χ4n) is 2.68. The van der Waals surface area contributed by atoms with Crippen LogP contribution in [0.25, 0.3) is 0 Å². The Kier molecular flexibility index (Phi) is 5.33. The highest BCUT2D eigenvalue weighted by molar-refractivity contribution is 6.01. The molecule has 0 bridgehead atoms. The number of nitrogens with zero attached hydrogens (tertiary/aromatic N) is 1. The molecule has 7 heteroatoms. The number of carbonyl (C=O) groups excluding carboxylic acids is 2. The van der Waals surface area contributed by atoms with E-state index in [1.54, 1.807) is 18.2 Å². The van der Waals surface area contributed by atoms with Crippen molar-refractivity contribution in [3.05, 3.63) is 41.7 Å². The van der Waals surface area contributed by atoms with Gasteiger partial charge >= 0.3 is 0 Å². The van der Waals surface area contributed by atoms with Crippen molar-refractivity contribution in [2.75, 3.05) is 11.9 Å². The largest absolute Gasteiger partial charge is 0.489 e. The predicted octanol–water partition coefficient (Wildman–Crippen LogP) is 2.27. The van der Waals surface area contributed by atoms with Crippen LogP contribution in [0.15, 0.2) is 30.3 Å². The van der Waals surface area contributed by atoms with Crippen LogP contribution in [0.1, 0.15) is 42.4 Å². The number of fused-ring (bicyclic) bond motifs is 1. The first kappa shape index (κ1) is 17.0. The lowest BCUT2D eigenvalue weighted by Crippen LogP contribution is -2.46. The Morgan fingerprint density at radius 1 is 1.36 bits per heavy atom. The van der Waals surface area contributed by atoms with Crippen LogP contribution in [0, 0.1) is 0 Å². The zero-order valence-corrected chi connectivity index (χ0v) is 14.2. The van der Waals surface area contributed by atoms with Crippen LogP contribution in [0.3, 0.4) is 0 Å². The van der Waals surface area contributed by atoms with Crippen molar-refractivity contribution in [2.45, 2.75) is 38.6 Å². The highest BCUT2D eigenvalue weighted by atomic mass is 16.5. The molecule has 2 aromatic rings. The minimum atomic E-state index is -0.778. The number of carbonyl (C=O) groups is 2. The zero-order chi connectivity index (χ0) is 17.6. The van der Waals surface area contributed by atoms with Crippen LogP contribution in [0.2, 0.25) is 0 Å². The summed E-state index contributed by atoms with van der Waals surface area (Å²) in [6.07, 6.45) is 4.19. The average Bonchev–Trinajstić information content (AvgIpc) is 3.02. The zero-order valence-electron chi connectivity index (χ0n) is 14.2. The molecule has 1 aromatic carbocycles. The topological polar surface area (TPSA) is 96.1 Å². The number of anilines is 1. The van der Waals surface area contributed by atoms with E-state index in [9.17, 15) is 9.59 Å². The maximum atomic E-state index is 12.4. The maximum Gasteiger partial charge on any atom is 0.272 e. The molecule has 3 rings (SSSR count). The van der Waals surface area contributed by atoms with E-state index in [2.05, 4.69) is 27.8 Å². The molecule has 0 radical (unpaired) electrons. The summed E-state index contributed by atoms with van der Waals surface area (Å²) in [7, 11) is 0. The summed E-state index contributed by atoms with van der Waals surface area (Å²) in [6, 6.07) is 8.12. The van der Waals surface area contributed by atoms with Crippen LogP contribution in [-0.2, 0) is 11.2 Å². The van der Waals surface area contributed by atoms with Gasteiger partial charge in [0.1, 0.15) is 24.1 Å². The quantitative estimate of drug-likeness (QED) is 0.702. The summed E-state index contributed by atoms with van der Waals surface area (Å²) in [4.78, 5) is 24.6. The van der Waals surface area contributed by atoms with Crippen molar-refractivity contribution >= 4 is 17.5 Å². The van der Waals surface area contributed by atoms with E-state index in [0.717, 1.165) is 31.4 Å². The van der Waals surface area contributed by atoms with E-state index >= 15 is 0 Å². The van der Waals surface area contributed by atoms with Gasteiger partial charge in [-0.15, -0.1) is 0 Å². The van der Waals surface area contributed by atoms with Crippen molar-refractivity contribution in [3.63, 3.8) is 0 Å². The number of unbranched alkanes of at least 4 members (excludes halogenated alkanes) is 2. The van der Waals surface area contributed by atoms with Gasteiger partial charge in [0.15, 0.2) is 0 Å². The van der Waals surface area contributed by atoms with E-state index in [4.69, 9.17) is 4.74 Å². The lowest BCUT2D eigenvalue weighted by Gasteiger charge is -2.13. The van der Waals surface area contributed by atoms with E-state index in [-0.39, 0.29) is 18.2 Å². The lowest BCUT2D eigenvalue weighted by atomic mass is 10.1. The first-order valence-corrected chi connectivity index (χ1v) is 8.55. The number of amides is 2. The van der Waals surface area contributed by atoms with Gasteiger partial charge in [-0.25, -0.2) is 0 Å². The number of hydrogen-bond donors (Lipinski definition) is 3. The van der Waals surface area contributed by atoms with Gasteiger partial charge in [0.05, 0.1) is 5.69 Å². The molecule has 1 aromatic heterocycles. The summed E-state index contributed by atoms with van der Waals surface area (Å²) in [5, 5.41) is 12.4. The second-order valence-electron chi connectivity index (χ2n) is 6.06. The first-order chi connectivity index (χ1) is 12.2. The summed E-state index contributed by atoms with van der Waals surface area (Å²) in [5.74, 6) is -0.115. The predicted molar refractivity (Wildman–Crippen MR) is 93.6 cm³/mol. The molecule has 0 aliphatic carbocycles. The molecule has 1 aliphatic rings. The molecule has 0 saturated carbocycles. The second-order valence-corrected chi connectivity index (χ2v) is 6.06. The van der Waals surface area contributed by atoms with Crippen LogP contribution in [-0.4, -0.2) is 34.7 Å². The number of ether oxygens (including phenoxy) is 1. The first-order valence-electron chi connectivity index (χ1n) is 8.55. The van der Waals surface area contributed by atoms with E-state index < -0.39 is 11.9 Å². The smallest absolute Gasteiger partial charge is 0.272 e. The van der Waals surface area contributed by atoms with Crippen LogP contribution in [0.5, 0.6) is 5.75 Å². The number of H-pyrrole nitrogens is 1. The number of hydrogen-bond acceptors (Lipinski definition) is 4. The number of nitrogens with one attached hydrogen (secondary N) is 3. The van der Waals surface area contributed by atoms with Gasteiger partial charge in [-0.2, -0.15) is 5.10 Å². The number of aryl methyl sites for hydroxylation is 1. The normalized spacial score (nSPS) is 16.4. The molecular formula is C18H22N4O3. The molecule has 0 spiro atoms. The van der Waals surface area contributed by atoms with Gasteiger partial charge in [-0.1, -0.05) is 31.9 Å². The van der Waals surface area contributed by atoms with E-state index in [1.165, 1.54) is 0 Å². The van der Waals surface area contributed by atoms with Gasteiger partial charge in [0, 0.05) is 5.69 Å². The molecule has 7 nitrogen and oxygen atoms in total. The molecule has 25 heavy (non-hydrogen) atoms. The fourth-order valence-corrected chi connectivity index (χ4v) is 2.68. The fraction of sp³-hybridized carbons (Fsp3) is 0.389. The molecule has 1 atom stereocenters. The van der Waals surface area contributed by atoms with Gasteiger partial charge in [0.25, 0.3) is 11.8 Å². The van der Waals surface area contributed by atoms with Gasteiger partial charge in [-0.05, 0) is 31.0 Å². The van der Waals surface area contributed by atoms with Crippen molar-refractivity contribution in [1.82, 2.24) is 15.5 Å². The molecule has 0 unspecified atom stereocenters. The highest BCUT2D eigenvalue weighted by Crippen LogP contribution is 2.26. The van der Waals surface area contributed by atoms with Crippen LogP contribution >= 0.6 is 0 Å². The summed E-state index contributed by atoms with van der Waals surface area (Å²) >= 11 is 0. The summed E-state index contributed by atoms with van der Waals surface area (Å²) < 4.78 is 5.61. The lowest BCUT2D eigenvalue weighted by molar-refractivity contribution is -0.118. The molecule has 0 fully saturated rings. The van der Waals surface area contributed by atoms with Gasteiger partial charge < -0.3 is 15.4 Å². The summed E-state index contributed by atoms with van der Waals surface area (Å²) in [6.45, 7) is 2.21. The number of rotatable bonds is 6. The van der Waals surface area contributed by atoms with Crippen molar-refractivity contribution in [2.24, 2.45) is 0 Å². The second kappa shape index (κ2) is 7.83. The Morgan fingerprint density at radius 2 is 2.20 bits per heavy atom. The monoisotopic (exact) mass is 342 g/mol. The van der Waals surface area contributed by atoms with Crippen molar-refractivity contribution in [1.29, 1.82) is 0 Å². The molecule has 3 N–H and O–H groups in total. The molecular weight excluding hydrogens is 320 g/mol. The Bertz CT molecular complexity index is 756. The SMILES string of the molecule is CCCCCc1cc(C(=O)N[C@@H]2COc3ccccc3NC2=O)n[nH]1. The maximum absolute atomic E-state index is 12.4. The third-order valence-electron chi connectivity index (χ3n) is 4.09. The molecule has 2 amide bonds. The molecule has 132 valence electrons. The third kappa shape index (κ3) is 4.17. The summed E-state index contributed by atoms with van der Waals surface area (Å²) in [5.41, 5.74) is 1.80. The standard InChI is InChI=1S/C18H22N4O3/c1-2-3-4-7-12-10-14(22-21-12)17(23)20-15-11-25-16-9-6-5-8-13(16)19-18(15)24/h5-6,8-10,15H,2-4,7,11H2,1H3,(H,19,24)(H,20,23)(H,21,22)/t15-/m1/s1. The minimum absolute atomic E-state index is 0.0718. The number of aromatic nitrogens is 2. The molecule has 1 aliphatic heterocycles. The van der Waals surface area contributed by atoms with E-state index in [0.29, 0.717) is 11.4 Å². The molecule has 2 heterocycles. The number of para-hydroxylation sites is 2. The van der Waals surface area contributed by atoms with Crippen molar-refractivity contribution < 1.29 is 14.3 Å². The molecule has 0 saturated heterocycles. The Balaban J connectivity index is 1.60.